The molecule has 4 amide bonds. The van der Waals surface area contributed by atoms with Gasteiger partial charge in [0.05, 0.1) is 31.5 Å². The van der Waals surface area contributed by atoms with Crippen LogP contribution in [-0.2, 0) is 59.4 Å². The minimum Gasteiger partial charge on any atom is -0.508 e. The Morgan fingerprint density at radius 2 is 1.86 bits per heavy atom. The monoisotopic (exact) mass is 878 g/mol. The van der Waals surface area contributed by atoms with Gasteiger partial charge in [0.2, 0.25) is 17.7 Å². The fraction of sp³-hybridized carbons (Fsp3) is 0.500. The highest BCUT2D eigenvalue weighted by Crippen LogP contribution is 2.41. The average molecular weight is 879 g/mol. The van der Waals surface area contributed by atoms with Crippen LogP contribution in [-0.4, -0.2) is 131 Å². The Morgan fingerprint density at radius 1 is 1.09 bits per heavy atom. The zero-order valence-electron chi connectivity index (χ0n) is 38.2. The Balaban J connectivity index is 1.30. The molecule has 0 aliphatic carbocycles. The van der Waals surface area contributed by atoms with E-state index in [4.69, 9.17) is 9.47 Å². The van der Waals surface area contributed by atoms with Crippen LogP contribution in [0.5, 0.6) is 5.75 Å². The molecule has 4 atom stereocenters. The van der Waals surface area contributed by atoms with Crippen LogP contribution >= 0.6 is 0 Å². The molecule has 4 N–H and O–H groups in total. The summed E-state index contributed by atoms with van der Waals surface area (Å²) in [7, 11) is 4.74. The molecule has 5 heterocycles. The molecule has 342 valence electrons. The number of esters is 1. The maximum Gasteiger partial charge on any atom is 0.324 e. The topological polar surface area (TPSA) is 198 Å². The molecule has 3 aliphatic heterocycles. The smallest absolute Gasteiger partial charge is 0.324 e. The molecular weight excluding hydrogens is 817 g/mol. The number of fused-ring (bicyclic) bond motifs is 6. The van der Waals surface area contributed by atoms with Gasteiger partial charge >= 0.3 is 5.97 Å². The lowest BCUT2D eigenvalue weighted by atomic mass is 9.84. The Bertz CT molecular complexity index is 2430. The van der Waals surface area contributed by atoms with Gasteiger partial charge < -0.3 is 39.6 Å². The van der Waals surface area contributed by atoms with Crippen LogP contribution in [0.2, 0.25) is 0 Å². The van der Waals surface area contributed by atoms with Gasteiger partial charge in [0, 0.05) is 81.5 Å². The van der Waals surface area contributed by atoms with E-state index in [0.717, 1.165) is 38.9 Å². The standard InChI is InChI=1S/C48H62N8O8/c1-9-55-40-13-12-30-21-34(40)35(43(55)36-23-49-15-14-31(36)26-63-8)22-48(4,5)27-64-47(62)37-11-10-16-56(52-37)46(61)38(19-29-17-32(30)20-33(57)18-29)51-44(59)42(28(2)3)54(7)41(58)25-53(6)45(60)39-24-50-39/h12-15,17-18,20-21,23,28,37-39,42,50,52,57H,9-11,16,19,22,24-27H2,1-8H3,(H,51,59)/t37-,38-,39?,42?/m0/s1. The lowest BCUT2D eigenvalue weighted by Gasteiger charge is -2.37. The molecule has 2 fully saturated rings. The average Bonchev–Trinajstić information content (AvgIpc) is 4.07. The summed E-state index contributed by atoms with van der Waals surface area (Å²) >= 11 is 0. The summed E-state index contributed by atoms with van der Waals surface area (Å²) in [5.74, 6) is -2.55. The fourth-order valence-corrected chi connectivity index (χ4v) is 9.16. The number of aromatic nitrogens is 2. The van der Waals surface area contributed by atoms with Gasteiger partial charge in [-0.3, -0.25) is 34.0 Å². The number of aryl methyl sites for hydroxylation is 1. The summed E-state index contributed by atoms with van der Waals surface area (Å²) in [5.41, 5.74) is 9.68. The molecule has 2 unspecified atom stereocenters. The van der Waals surface area contributed by atoms with Crippen LogP contribution < -0.4 is 16.1 Å². The van der Waals surface area contributed by atoms with Crippen molar-refractivity contribution in [2.45, 2.75) is 97.6 Å². The molecule has 0 radical (unpaired) electrons. The van der Waals surface area contributed by atoms with E-state index in [0.29, 0.717) is 50.1 Å². The summed E-state index contributed by atoms with van der Waals surface area (Å²) < 4.78 is 14.0. The highest BCUT2D eigenvalue weighted by Gasteiger charge is 2.39. The Labute approximate surface area is 374 Å². The number of likely N-dealkylation sites (N-methyl/N-ethyl adjacent to an activating group) is 2. The van der Waals surface area contributed by atoms with Gasteiger partial charge in [0.1, 0.15) is 23.9 Å². The molecule has 16 heteroatoms. The number of methoxy groups -OCH3 is 1. The zero-order valence-corrected chi connectivity index (χ0v) is 38.2. The number of pyridine rings is 1. The van der Waals surface area contributed by atoms with Crippen LogP contribution in [0.15, 0.2) is 54.9 Å². The molecule has 4 aromatic rings. The number of nitrogens with zero attached hydrogens (tertiary/aromatic N) is 5. The van der Waals surface area contributed by atoms with Crippen molar-refractivity contribution in [1.29, 1.82) is 0 Å². The predicted molar refractivity (Wildman–Crippen MR) is 241 cm³/mol. The molecule has 6 bridgehead atoms. The number of amides is 4. The molecule has 0 spiro atoms. The van der Waals surface area contributed by atoms with Crippen molar-refractivity contribution in [3.8, 4) is 28.1 Å². The van der Waals surface area contributed by atoms with E-state index >= 15 is 0 Å². The van der Waals surface area contributed by atoms with Gasteiger partial charge in [0.15, 0.2) is 0 Å². The third kappa shape index (κ3) is 9.93. The largest absolute Gasteiger partial charge is 0.508 e. The van der Waals surface area contributed by atoms with Crippen LogP contribution in [0.1, 0.15) is 64.2 Å². The highest BCUT2D eigenvalue weighted by molar-refractivity contribution is 5.96. The van der Waals surface area contributed by atoms with E-state index in [1.807, 2.05) is 38.2 Å². The number of aromatic hydroxyl groups is 1. The number of cyclic esters (lactones) is 1. The second-order valence-electron chi connectivity index (χ2n) is 18.5. The number of hydrogen-bond acceptors (Lipinski definition) is 11. The summed E-state index contributed by atoms with van der Waals surface area (Å²) in [6.07, 6.45) is 5.10. The number of rotatable bonds is 11. The van der Waals surface area contributed by atoms with E-state index < -0.39 is 47.2 Å². The number of benzene rings is 2. The van der Waals surface area contributed by atoms with Crippen LogP contribution in [0, 0.1) is 11.3 Å². The molecule has 2 saturated heterocycles. The van der Waals surface area contributed by atoms with Crippen molar-refractivity contribution < 1.29 is 38.6 Å². The van der Waals surface area contributed by atoms with E-state index in [1.165, 1.54) is 21.9 Å². The Morgan fingerprint density at radius 3 is 2.56 bits per heavy atom. The second-order valence-corrected chi connectivity index (χ2v) is 18.5. The van der Waals surface area contributed by atoms with E-state index in [2.05, 4.69) is 58.5 Å². The Hall–Kier alpha value is -5.84. The molecule has 2 aromatic heterocycles. The van der Waals surface area contributed by atoms with Crippen LogP contribution in [0.4, 0.5) is 0 Å². The zero-order chi connectivity index (χ0) is 46.0. The van der Waals surface area contributed by atoms with Gasteiger partial charge in [-0.1, -0.05) is 39.8 Å². The lowest BCUT2D eigenvalue weighted by molar-refractivity contribution is -0.155. The molecule has 64 heavy (non-hydrogen) atoms. The van der Waals surface area contributed by atoms with Crippen molar-refractivity contribution in [3.05, 3.63) is 71.5 Å². The van der Waals surface area contributed by atoms with Gasteiger partial charge in [0.25, 0.3) is 5.91 Å². The normalized spacial score (nSPS) is 20.3. The van der Waals surface area contributed by atoms with Crippen molar-refractivity contribution in [3.63, 3.8) is 0 Å². The SMILES string of the molecule is CCn1c(-c2cnccc2COC)c2c3cc(ccc31)-c1cc(O)cc(c1)C[C@H](NC(=O)C(C(C)C)N(C)C(=O)CN(C)C(=O)C1CN1)C(=O)N1CCC[C@H](N1)C(=O)OCC(C)(C)C2. The number of carbonyl (C=O) groups excluding carboxylic acids is 5. The molecule has 16 nitrogen and oxygen atoms in total. The summed E-state index contributed by atoms with van der Waals surface area (Å²) in [6.45, 7) is 11.6. The third-order valence-corrected chi connectivity index (χ3v) is 12.5. The number of phenols is 1. The first kappa shape index (κ1) is 46.2. The quantitative estimate of drug-likeness (QED) is 0.126. The maximum atomic E-state index is 14.6. The highest BCUT2D eigenvalue weighted by atomic mass is 16.5. The lowest BCUT2D eigenvalue weighted by Crippen LogP contribution is -2.62. The van der Waals surface area contributed by atoms with Crippen molar-refractivity contribution in [2.75, 3.05) is 47.4 Å². The van der Waals surface area contributed by atoms with Crippen LogP contribution in [0.3, 0.4) is 0 Å². The fourth-order valence-electron chi connectivity index (χ4n) is 9.16. The predicted octanol–water partition coefficient (Wildman–Crippen LogP) is 3.80. The summed E-state index contributed by atoms with van der Waals surface area (Å²) in [4.78, 5) is 76.2. The number of nitrogens with one attached hydrogen (secondary N) is 3. The molecular formula is C48H62N8O8. The minimum atomic E-state index is -1.17. The van der Waals surface area contributed by atoms with Gasteiger partial charge in [-0.2, -0.15) is 0 Å². The number of hydrogen-bond donors (Lipinski definition) is 4. The molecule has 7 rings (SSSR count). The van der Waals surface area contributed by atoms with E-state index in [1.54, 1.807) is 32.5 Å². The summed E-state index contributed by atoms with van der Waals surface area (Å²) in [6, 6.07) is 10.1. The second kappa shape index (κ2) is 19.1. The number of carbonyl (C=O) groups is 5. The first-order valence-electron chi connectivity index (χ1n) is 22.2. The van der Waals surface area contributed by atoms with Gasteiger partial charge in [-0.15, -0.1) is 0 Å². The maximum absolute atomic E-state index is 14.6. The number of phenolic OH excluding ortho intramolecular Hbond substituents is 1. The first-order valence-corrected chi connectivity index (χ1v) is 22.2. The number of ether oxygens (including phenoxy) is 2. The molecule has 3 aliphatic rings. The van der Waals surface area contributed by atoms with Gasteiger partial charge in [-0.25, -0.2) is 5.43 Å². The van der Waals surface area contributed by atoms with Crippen molar-refractivity contribution in [2.24, 2.45) is 11.3 Å². The first-order chi connectivity index (χ1) is 30.5. The molecule has 2 aromatic carbocycles. The summed E-state index contributed by atoms with van der Waals surface area (Å²) in [5, 5.41) is 19.5. The van der Waals surface area contributed by atoms with Crippen molar-refractivity contribution >= 4 is 40.5 Å². The van der Waals surface area contributed by atoms with E-state index in [9.17, 15) is 29.1 Å². The van der Waals surface area contributed by atoms with E-state index in [-0.39, 0.29) is 49.7 Å². The van der Waals surface area contributed by atoms with Crippen LogP contribution in [0.25, 0.3) is 33.3 Å². The minimum absolute atomic E-state index is 0.0170. The van der Waals surface area contributed by atoms with Gasteiger partial charge in [-0.05, 0) is 90.3 Å². The number of hydrazine groups is 1. The third-order valence-electron chi connectivity index (χ3n) is 12.5. The Kier molecular flexibility index (Phi) is 13.8. The van der Waals surface area contributed by atoms with Crippen molar-refractivity contribution in [1.82, 2.24) is 40.4 Å². The molecule has 0 saturated carbocycles.